The number of hydrogen-bond donors (Lipinski definition) is 1. The highest BCUT2D eigenvalue weighted by Gasteiger charge is 2.32. The highest BCUT2D eigenvalue weighted by Crippen LogP contribution is 2.10. The molecule has 1 atom stereocenters. The van der Waals surface area contributed by atoms with Gasteiger partial charge in [0.25, 0.3) is 5.91 Å². The first-order valence-electron chi connectivity index (χ1n) is 5.17. The van der Waals surface area contributed by atoms with Gasteiger partial charge in [0.2, 0.25) is 5.96 Å². The molecule has 88 valence electrons. The van der Waals surface area contributed by atoms with Crippen LogP contribution in [0.25, 0.3) is 0 Å². The van der Waals surface area contributed by atoms with E-state index < -0.39 is 0 Å². The summed E-state index contributed by atoms with van der Waals surface area (Å²) in [4.78, 5) is 13.5. The number of hydrogen-bond acceptors (Lipinski definition) is 6. The third-order valence-electron chi connectivity index (χ3n) is 2.11. The van der Waals surface area contributed by atoms with Gasteiger partial charge < -0.3 is 0 Å². The third-order valence-corrected chi connectivity index (χ3v) is 2.11. The van der Waals surface area contributed by atoms with Crippen LogP contribution in [0.3, 0.4) is 0 Å². The van der Waals surface area contributed by atoms with Crippen LogP contribution in [-0.2, 0) is 0 Å². The summed E-state index contributed by atoms with van der Waals surface area (Å²) in [5.74, 6) is 6.02. The molecule has 1 aliphatic heterocycles. The molecule has 0 bridgehead atoms. The Bertz CT molecular complexity index is 497. The first kappa shape index (κ1) is 11.1. The van der Waals surface area contributed by atoms with Gasteiger partial charge in [-0.3, -0.25) is 9.69 Å². The number of aromatic nitrogens is 2. The highest BCUT2D eigenvalue weighted by atomic mass is 16.6. The van der Waals surface area contributed by atoms with E-state index in [4.69, 9.17) is 0 Å². The lowest BCUT2D eigenvalue weighted by Crippen LogP contribution is -2.41. The number of amides is 1. The molecule has 0 radical (unpaired) electrons. The van der Waals surface area contributed by atoms with E-state index in [9.17, 15) is 4.79 Å². The van der Waals surface area contributed by atoms with E-state index in [0.717, 1.165) is 6.42 Å². The molecule has 1 aromatic heterocycles. The molecule has 0 spiro atoms. The molecule has 0 aromatic carbocycles. The van der Waals surface area contributed by atoms with E-state index in [1.54, 1.807) is 0 Å². The van der Waals surface area contributed by atoms with Crippen molar-refractivity contribution in [3.05, 3.63) is 11.9 Å². The minimum absolute atomic E-state index is 0.131. The van der Waals surface area contributed by atoms with Gasteiger partial charge in [0.05, 0.1) is 6.04 Å². The Kier molecular flexibility index (Phi) is 3.05. The predicted octanol–water partition coefficient (Wildman–Crippen LogP) is 0.188. The Morgan fingerprint density at radius 3 is 3.00 bits per heavy atom. The van der Waals surface area contributed by atoms with E-state index in [2.05, 4.69) is 37.3 Å². The zero-order chi connectivity index (χ0) is 12.3. The lowest BCUT2D eigenvalue weighted by molar-refractivity contribution is 0.0823. The zero-order valence-electron chi connectivity index (χ0n) is 9.47. The Morgan fingerprint density at radius 1 is 1.71 bits per heavy atom. The van der Waals surface area contributed by atoms with E-state index in [-0.39, 0.29) is 17.6 Å². The van der Waals surface area contributed by atoms with Gasteiger partial charge in [-0.05, 0) is 12.1 Å². The van der Waals surface area contributed by atoms with Crippen LogP contribution in [0.15, 0.2) is 15.9 Å². The SMILES string of the molecule is CCC#CC(C)N(C(=O)c1cnon1)C1=NN1. The summed E-state index contributed by atoms with van der Waals surface area (Å²) in [5, 5.41) is 10.7. The second kappa shape index (κ2) is 4.65. The van der Waals surface area contributed by atoms with Gasteiger partial charge in [0.1, 0.15) is 6.20 Å². The summed E-state index contributed by atoms with van der Waals surface area (Å²) in [5.41, 5.74) is 2.77. The molecular formula is C10H11N5O2. The lowest BCUT2D eigenvalue weighted by atomic mass is 10.2. The number of nitrogens with one attached hydrogen (secondary N) is 1. The lowest BCUT2D eigenvalue weighted by Gasteiger charge is -2.18. The Balaban J connectivity index is 2.18. The number of carbonyl (C=O) groups excluding carboxylic acids is 1. The fraction of sp³-hybridized carbons (Fsp3) is 0.400. The maximum Gasteiger partial charge on any atom is 0.285 e. The van der Waals surface area contributed by atoms with E-state index in [1.807, 2.05) is 13.8 Å². The number of carbonyl (C=O) groups is 1. The standard InChI is InChI=1S/C10H11N5O2/c1-3-4-5-7(2)15(10-12-13-10)9(16)8-6-11-17-14-8/h6-7H,3H2,1-2H3,(H,12,13). The monoisotopic (exact) mass is 233 g/mol. The van der Waals surface area contributed by atoms with Crippen LogP contribution in [0.2, 0.25) is 0 Å². The van der Waals surface area contributed by atoms with E-state index in [0.29, 0.717) is 5.96 Å². The molecule has 1 amide bonds. The van der Waals surface area contributed by atoms with E-state index in [1.165, 1.54) is 11.1 Å². The maximum atomic E-state index is 12.1. The average Bonchev–Trinajstić information content (AvgIpc) is 2.99. The molecule has 0 saturated carbocycles. The fourth-order valence-electron chi connectivity index (χ4n) is 1.28. The number of rotatable bonds is 2. The first-order chi connectivity index (χ1) is 8.24. The molecule has 17 heavy (non-hydrogen) atoms. The second-order valence-corrected chi connectivity index (χ2v) is 3.37. The van der Waals surface area contributed by atoms with Crippen molar-refractivity contribution in [1.29, 1.82) is 0 Å². The van der Waals surface area contributed by atoms with Crippen LogP contribution < -0.4 is 5.43 Å². The number of nitrogens with zero attached hydrogens (tertiary/aromatic N) is 4. The molecular weight excluding hydrogens is 222 g/mol. The smallest absolute Gasteiger partial charge is 0.267 e. The van der Waals surface area contributed by atoms with E-state index >= 15 is 0 Å². The summed E-state index contributed by atoms with van der Waals surface area (Å²) in [7, 11) is 0. The van der Waals surface area contributed by atoms with Crippen molar-refractivity contribution >= 4 is 11.9 Å². The molecule has 0 saturated heterocycles. The summed E-state index contributed by atoms with van der Waals surface area (Å²) in [6.45, 7) is 3.76. The Hall–Kier alpha value is -2.36. The molecule has 1 aliphatic rings. The van der Waals surface area contributed by atoms with Crippen molar-refractivity contribution in [2.45, 2.75) is 26.3 Å². The summed E-state index contributed by atoms with van der Waals surface area (Å²) >= 11 is 0. The topological polar surface area (TPSA) is 93.5 Å². The van der Waals surface area contributed by atoms with Crippen molar-refractivity contribution in [2.24, 2.45) is 5.10 Å². The van der Waals surface area contributed by atoms with Gasteiger partial charge in [-0.25, -0.2) is 10.1 Å². The molecule has 0 fully saturated rings. The van der Waals surface area contributed by atoms with Crippen LogP contribution in [-0.4, -0.2) is 33.1 Å². The summed E-state index contributed by atoms with van der Waals surface area (Å²) < 4.78 is 4.40. The van der Waals surface area contributed by atoms with Crippen molar-refractivity contribution < 1.29 is 9.42 Å². The van der Waals surface area contributed by atoms with Crippen LogP contribution >= 0.6 is 0 Å². The van der Waals surface area contributed by atoms with Crippen molar-refractivity contribution in [1.82, 2.24) is 20.6 Å². The summed E-state index contributed by atoms with van der Waals surface area (Å²) in [6, 6.07) is -0.284. The second-order valence-electron chi connectivity index (χ2n) is 3.37. The number of hydrazone groups is 1. The minimum Gasteiger partial charge on any atom is -0.267 e. The minimum atomic E-state index is -0.340. The number of guanidine groups is 1. The maximum absolute atomic E-state index is 12.1. The van der Waals surface area contributed by atoms with Crippen molar-refractivity contribution in [3.63, 3.8) is 0 Å². The van der Waals surface area contributed by atoms with Crippen LogP contribution in [0.1, 0.15) is 30.8 Å². The van der Waals surface area contributed by atoms with Gasteiger partial charge >= 0.3 is 0 Å². The molecule has 7 nitrogen and oxygen atoms in total. The van der Waals surface area contributed by atoms with Crippen molar-refractivity contribution in [3.8, 4) is 11.8 Å². The van der Waals surface area contributed by atoms with Crippen LogP contribution in [0.5, 0.6) is 0 Å². The molecule has 7 heteroatoms. The molecule has 1 N–H and O–H groups in total. The molecule has 1 unspecified atom stereocenters. The largest absolute Gasteiger partial charge is 0.285 e. The fourth-order valence-corrected chi connectivity index (χ4v) is 1.28. The predicted molar refractivity (Wildman–Crippen MR) is 58.6 cm³/mol. The van der Waals surface area contributed by atoms with Gasteiger partial charge in [0.15, 0.2) is 5.69 Å². The molecule has 0 aliphatic carbocycles. The van der Waals surface area contributed by atoms with Gasteiger partial charge in [-0.2, -0.15) is 0 Å². The average molecular weight is 233 g/mol. The summed E-state index contributed by atoms with van der Waals surface area (Å²) in [6.07, 6.45) is 2.00. The normalized spacial score (nSPS) is 13.9. The van der Waals surface area contributed by atoms with Gasteiger partial charge in [0, 0.05) is 6.42 Å². The Morgan fingerprint density at radius 2 is 2.47 bits per heavy atom. The molecule has 2 heterocycles. The molecule has 2 rings (SSSR count). The Labute approximate surface area is 97.8 Å². The quantitative estimate of drug-likeness (QED) is 0.736. The third kappa shape index (κ3) is 2.42. The highest BCUT2D eigenvalue weighted by molar-refractivity contribution is 6.08. The van der Waals surface area contributed by atoms with Crippen molar-refractivity contribution in [2.75, 3.05) is 0 Å². The van der Waals surface area contributed by atoms with Crippen LogP contribution in [0.4, 0.5) is 0 Å². The van der Waals surface area contributed by atoms with Gasteiger partial charge in [-0.1, -0.05) is 18.0 Å². The van der Waals surface area contributed by atoms with Crippen LogP contribution in [0, 0.1) is 11.8 Å². The molecule has 1 aromatic rings. The zero-order valence-corrected chi connectivity index (χ0v) is 9.47. The first-order valence-corrected chi connectivity index (χ1v) is 5.17. The van der Waals surface area contributed by atoms with Gasteiger partial charge in [-0.15, -0.1) is 11.0 Å².